The van der Waals surface area contributed by atoms with Crippen LogP contribution in [0.2, 0.25) is 0 Å². The summed E-state index contributed by atoms with van der Waals surface area (Å²) in [4.78, 5) is 14.1. The van der Waals surface area contributed by atoms with Crippen molar-refractivity contribution in [3.05, 3.63) is 29.1 Å². The number of anilines is 1. The van der Waals surface area contributed by atoms with Gasteiger partial charge in [-0.15, -0.1) is 0 Å². The van der Waals surface area contributed by atoms with Crippen LogP contribution < -0.4 is 5.73 Å². The number of hydrogen-bond acceptors (Lipinski definition) is 3. The van der Waals surface area contributed by atoms with Gasteiger partial charge in [0.05, 0.1) is 11.7 Å². The minimum Gasteiger partial charge on any atom is -0.399 e. The lowest BCUT2D eigenvalue weighted by Gasteiger charge is -2.32. The maximum Gasteiger partial charge on any atom is 0.257 e. The normalized spacial score (nSPS) is 19.1. The van der Waals surface area contributed by atoms with E-state index in [1.807, 2.05) is 6.92 Å². The average Bonchev–Trinajstić information content (AvgIpc) is 2.43. The molecule has 0 bridgehead atoms. The average molecular weight is 280 g/mol. The summed E-state index contributed by atoms with van der Waals surface area (Å²) < 4.78 is 19.7. The second-order valence-corrected chi connectivity index (χ2v) is 5.17. The molecule has 20 heavy (non-hydrogen) atoms. The summed E-state index contributed by atoms with van der Waals surface area (Å²) >= 11 is 0. The molecule has 1 atom stereocenters. The van der Waals surface area contributed by atoms with Gasteiger partial charge in [0.25, 0.3) is 5.91 Å². The van der Waals surface area contributed by atoms with Crippen LogP contribution in [-0.2, 0) is 4.74 Å². The molecule has 2 rings (SSSR count). The third kappa shape index (κ3) is 3.10. The predicted octanol–water partition coefficient (Wildman–Crippen LogP) is 2.36. The number of aryl methyl sites for hydroxylation is 1. The Labute approximate surface area is 118 Å². The quantitative estimate of drug-likeness (QED) is 0.865. The van der Waals surface area contributed by atoms with Gasteiger partial charge in [0, 0.05) is 25.4 Å². The van der Waals surface area contributed by atoms with E-state index in [0.717, 1.165) is 12.8 Å². The fraction of sp³-hybridized carbons (Fsp3) is 0.533. The van der Waals surface area contributed by atoms with E-state index in [0.29, 0.717) is 30.9 Å². The zero-order valence-corrected chi connectivity index (χ0v) is 12.0. The van der Waals surface area contributed by atoms with Crippen LogP contribution >= 0.6 is 0 Å². The molecule has 2 N–H and O–H groups in total. The Morgan fingerprint density at radius 3 is 3.00 bits per heavy atom. The number of halogens is 1. The molecule has 1 fully saturated rings. The van der Waals surface area contributed by atoms with Crippen molar-refractivity contribution in [1.29, 1.82) is 0 Å². The maximum absolute atomic E-state index is 14.1. The van der Waals surface area contributed by atoms with Crippen LogP contribution in [0.15, 0.2) is 12.1 Å². The topological polar surface area (TPSA) is 55.6 Å². The summed E-state index contributed by atoms with van der Waals surface area (Å²) in [7, 11) is 0. The highest BCUT2D eigenvalue weighted by Gasteiger charge is 2.26. The summed E-state index contributed by atoms with van der Waals surface area (Å²) in [6.45, 7) is 5.32. The van der Waals surface area contributed by atoms with Crippen molar-refractivity contribution < 1.29 is 13.9 Å². The van der Waals surface area contributed by atoms with Crippen molar-refractivity contribution in [3.8, 4) is 0 Å². The molecule has 0 radical (unpaired) electrons. The first-order valence-electron chi connectivity index (χ1n) is 6.99. The Morgan fingerprint density at radius 1 is 1.55 bits per heavy atom. The van der Waals surface area contributed by atoms with Gasteiger partial charge in [0.15, 0.2) is 0 Å². The monoisotopic (exact) mass is 280 g/mol. The molecule has 0 aliphatic carbocycles. The van der Waals surface area contributed by atoms with Crippen molar-refractivity contribution >= 4 is 11.6 Å². The van der Waals surface area contributed by atoms with Gasteiger partial charge in [-0.3, -0.25) is 4.79 Å². The van der Waals surface area contributed by atoms with Crippen molar-refractivity contribution in [2.24, 2.45) is 0 Å². The van der Waals surface area contributed by atoms with Crippen LogP contribution in [0.4, 0.5) is 10.1 Å². The Hall–Kier alpha value is -1.62. The van der Waals surface area contributed by atoms with Crippen LogP contribution in [0.25, 0.3) is 0 Å². The molecule has 1 heterocycles. The molecule has 5 heteroatoms. The van der Waals surface area contributed by atoms with Gasteiger partial charge in [-0.1, -0.05) is 0 Å². The van der Waals surface area contributed by atoms with Gasteiger partial charge in [-0.25, -0.2) is 4.39 Å². The number of benzene rings is 1. The first-order valence-corrected chi connectivity index (χ1v) is 6.99. The first kappa shape index (κ1) is 14.8. The minimum absolute atomic E-state index is 0.0444. The summed E-state index contributed by atoms with van der Waals surface area (Å²) in [6, 6.07) is 2.94. The van der Waals surface area contributed by atoms with Crippen molar-refractivity contribution in [2.45, 2.75) is 32.8 Å². The van der Waals surface area contributed by atoms with E-state index >= 15 is 0 Å². The summed E-state index contributed by atoms with van der Waals surface area (Å²) in [5, 5.41) is 0. The van der Waals surface area contributed by atoms with Gasteiger partial charge in [-0.05, 0) is 44.4 Å². The number of carbonyl (C=O) groups is 1. The van der Waals surface area contributed by atoms with Crippen LogP contribution in [0.5, 0.6) is 0 Å². The van der Waals surface area contributed by atoms with Gasteiger partial charge in [0.2, 0.25) is 0 Å². The van der Waals surface area contributed by atoms with E-state index in [9.17, 15) is 9.18 Å². The smallest absolute Gasteiger partial charge is 0.257 e. The molecule has 0 aromatic heterocycles. The molecule has 110 valence electrons. The highest BCUT2D eigenvalue weighted by atomic mass is 19.1. The van der Waals surface area contributed by atoms with Crippen molar-refractivity contribution in [2.75, 3.05) is 25.4 Å². The number of carbonyl (C=O) groups excluding carboxylic acids is 1. The highest BCUT2D eigenvalue weighted by molar-refractivity contribution is 5.95. The molecule has 1 saturated heterocycles. The number of hydrogen-bond donors (Lipinski definition) is 1. The molecule has 1 unspecified atom stereocenters. The molecule has 0 saturated carbocycles. The third-order valence-electron chi connectivity index (χ3n) is 3.58. The Kier molecular flexibility index (Phi) is 4.60. The van der Waals surface area contributed by atoms with Gasteiger partial charge < -0.3 is 15.4 Å². The van der Waals surface area contributed by atoms with Crippen molar-refractivity contribution in [3.63, 3.8) is 0 Å². The van der Waals surface area contributed by atoms with Gasteiger partial charge in [-0.2, -0.15) is 0 Å². The minimum atomic E-state index is -0.484. The second kappa shape index (κ2) is 6.22. The molecule has 0 spiro atoms. The number of amides is 1. The van der Waals surface area contributed by atoms with Crippen LogP contribution in [-0.4, -0.2) is 36.6 Å². The van der Waals surface area contributed by atoms with Crippen LogP contribution in [0.3, 0.4) is 0 Å². The van der Waals surface area contributed by atoms with Gasteiger partial charge >= 0.3 is 0 Å². The van der Waals surface area contributed by atoms with Crippen LogP contribution in [0.1, 0.15) is 35.7 Å². The zero-order valence-electron chi connectivity index (χ0n) is 12.0. The Balaban J connectivity index is 2.19. The number of nitrogen functional groups attached to an aromatic ring is 1. The number of rotatable bonds is 3. The van der Waals surface area contributed by atoms with E-state index in [4.69, 9.17) is 10.5 Å². The van der Waals surface area contributed by atoms with Crippen molar-refractivity contribution in [1.82, 2.24) is 4.90 Å². The maximum atomic E-state index is 14.1. The predicted molar refractivity (Wildman–Crippen MR) is 76.1 cm³/mol. The SMILES string of the molecule is CCOC1CCCN(C(=O)c2cc(N)cc(C)c2F)C1. The van der Waals surface area contributed by atoms with E-state index in [1.165, 1.54) is 12.1 Å². The lowest BCUT2D eigenvalue weighted by molar-refractivity contribution is 0.00707. The lowest BCUT2D eigenvalue weighted by Crippen LogP contribution is -2.43. The number of nitrogens with zero attached hydrogens (tertiary/aromatic N) is 1. The molecule has 4 nitrogen and oxygen atoms in total. The van der Waals surface area contributed by atoms with E-state index in [-0.39, 0.29) is 17.6 Å². The van der Waals surface area contributed by atoms with Gasteiger partial charge in [0.1, 0.15) is 5.82 Å². The molecule has 1 aromatic rings. The third-order valence-corrected chi connectivity index (χ3v) is 3.58. The summed E-state index contributed by atoms with van der Waals surface area (Å²) in [5.41, 5.74) is 6.57. The fourth-order valence-corrected chi connectivity index (χ4v) is 2.62. The molecule has 1 aromatic carbocycles. The summed E-state index contributed by atoms with van der Waals surface area (Å²) in [5.74, 6) is -0.787. The number of ether oxygens (including phenoxy) is 1. The molecular weight excluding hydrogens is 259 g/mol. The number of likely N-dealkylation sites (tertiary alicyclic amines) is 1. The number of nitrogens with two attached hydrogens (primary N) is 1. The standard InChI is InChI=1S/C15H21FN2O2/c1-3-20-12-5-4-6-18(9-12)15(19)13-8-11(17)7-10(2)14(13)16/h7-8,12H,3-6,9,17H2,1-2H3. The van der Waals surface area contributed by atoms with E-state index in [2.05, 4.69) is 0 Å². The largest absolute Gasteiger partial charge is 0.399 e. The first-order chi connectivity index (χ1) is 9.52. The molecule has 1 aliphatic rings. The zero-order chi connectivity index (χ0) is 14.7. The summed E-state index contributed by atoms with van der Waals surface area (Å²) in [6.07, 6.45) is 1.86. The Bertz CT molecular complexity index is 503. The lowest BCUT2D eigenvalue weighted by atomic mass is 10.0. The van der Waals surface area contributed by atoms with E-state index < -0.39 is 5.82 Å². The highest BCUT2D eigenvalue weighted by Crippen LogP contribution is 2.21. The molecule has 1 amide bonds. The van der Waals surface area contributed by atoms with E-state index in [1.54, 1.807) is 11.8 Å². The Morgan fingerprint density at radius 2 is 2.30 bits per heavy atom. The fourth-order valence-electron chi connectivity index (χ4n) is 2.62. The van der Waals surface area contributed by atoms with Crippen LogP contribution in [0, 0.1) is 12.7 Å². The number of piperidine rings is 1. The molecule has 1 aliphatic heterocycles. The molecular formula is C15H21FN2O2. The second-order valence-electron chi connectivity index (χ2n) is 5.17.